The highest BCUT2D eigenvalue weighted by Crippen LogP contribution is 2.77. The van der Waals surface area contributed by atoms with E-state index in [4.69, 9.17) is 11.8 Å². The van der Waals surface area contributed by atoms with Crippen LogP contribution in [0.4, 0.5) is 0 Å². The fourth-order valence-corrected chi connectivity index (χ4v) is 16.1. The lowest BCUT2D eigenvalue weighted by molar-refractivity contribution is 0.516. The van der Waals surface area contributed by atoms with E-state index in [1.54, 1.807) is 0 Å². The minimum Gasteiger partial charge on any atom is -0.242 e. The largest absolute Gasteiger partial charge is 0.242 e. The summed E-state index contributed by atoms with van der Waals surface area (Å²) in [7, 11) is 0. The van der Waals surface area contributed by atoms with E-state index in [0.29, 0.717) is 0 Å². The van der Waals surface area contributed by atoms with Crippen LogP contribution in [0.3, 0.4) is 0 Å². The second kappa shape index (κ2) is 23.9. The van der Waals surface area contributed by atoms with Crippen molar-refractivity contribution in [2.24, 2.45) is 0 Å². The number of hydrogen-bond acceptors (Lipinski definition) is 1. The van der Waals surface area contributed by atoms with E-state index in [1.807, 2.05) is 0 Å². The molecule has 9 unspecified atom stereocenters. The van der Waals surface area contributed by atoms with Crippen LogP contribution in [0.5, 0.6) is 0 Å². The summed E-state index contributed by atoms with van der Waals surface area (Å²) in [6, 6.07) is 4.51. The quantitative estimate of drug-likeness (QED) is 0.0384. The zero-order valence-electron chi connectivity index (χ0n) is 32.9. The van der Waals surface area contributed by atoms with E-state index in [9.17, 15) is 0 Å². The summed E-state index contributed by atoms with van der Waals surface area (Å²) in [5.41, 5.74) is 0. The van der Waals surface area contributed by atoms with Crippen LogP contribution < -0.4 is 0 Å². The maximum atomic E-state index is 7.19. The Labute approximate surface area is 301 Å². The topological polar surface area (TPSA) is 9.03 Å². The van der Waals surface area contributed by atoms with Gasteiger partial charge in [0.2, 0.25) is 0 Å². The van der Waals surface area contributed by atoms with Crippen molar-refractivity contribution in [3.8, 4) is 0 Å². The van der Waals surface area contributed by atoms with Crippen molar-refractivity contribution in [3.05, 3.63) is 0 Å². The predicted molar refractivity (Wildman–Crippen MR) is 215 cm³/mol. The molecule has 5 heteroatoms. The number of rotatable bonds is 33. The average Bonchev–Trinajstić information content (AvgIpc) is 4.02. The molecular formula is C42H84N3PS. The molecule has 0 aromatic heterocycles. The van der Waals surface area contributed by atoms with Gasteiger partial charge in [0.05, 0.1) is 0 Å². The molecule has 3 aliphatic rings. The first-order valence-electron chi connectivity index (χ1n) is 22.0. The van der Waals surface area contributed by atoms with Gasteiger partial charge in [-0.3, -0.25) is 0 Å². The molecular weight excluding hydrogens is 610 g/mol. The standard InChI is InChI=1S/C42H84N3PS/c1-7-13-16-19-22-25-28-31-34-40-37(10-4)43(40)46(47,44-38(11-5)41(44)35-32-29-26-23-20-17-14-8-2)45-39(12-6)42(45)36-33-30-27-24-21-18-15-9-3/h37-42H,7-36H2,1-6H3. The van der Waals surface area contributed by atoms with Crippen molar-refractivity contribution in [3.63, 3.8) is 0 Å². The Bertz CT molecular complexity index is 732. The maximum absolute atomic E-state index is 7.19. The fourth-order valence-electron chi connectivity index (χ4n) is 9.29. The van der Waals surface area contributed by atoms with E-state index >= 15 is 0 Å². The Morgan fingerprint density at radius 3 is 0.745 bits per heavy atom. The molecule has 0 radical (unpaired) electrons. The molecule has 3 fully saturated rings. The van der Waals surface area contributed by atoms with Gasteiger partial charge in [0.15, 0.2) is 0 Å². The van der Waals surface area contributed by atoms with Gasteiger partial charge < -0.3 is 0 Å². The minimum atomic E-state index is -1.88. The van der Waals surface area contributed by atoms with Gasteiger partial charge in [-0.15, -0.1) is 0 Å². The Balaban J connectivity index is 1.60. The van der Waals surface area contributed by atoms with Crippen molar-refractivity contribution in [2.75, 3.05) is 0 Å². The predicted octanol–water partition coefficient (Wildman–Crippen LogP) is 14.2. The lowest BCUT2D eigenvalue weighted by Gasteiger charge is -2.31. The van der Waals surface area contributed by atoms with E-state index in [-0.39, 0.29) is 0 Å². The van der Waals surface area contributed by atoms with E-state index < -0.39 is 6.49 Å². The monoisotopic (exact) mass is 694 g/mol. The smallest absolute Gasteiger partial charge is 0.147 e. The van der Waals surface area contributed by atoms with Crippen LogP contribution in [-0.2, 0) is 11.8 Å². The van der Waals surface area contributed by atoms with Gasteiger partial charge >= 0.3 is 0 Å². The Morgan fingerprint density at radius 2 is 0.532 bits per heavy atom. The molecule has 3 heterocycles. The van der Waals surface area contributed by atoms with Crippen molar-refractivity contribution in [1.29, 1.82) is 0 Å². The first kappa shape index (κ1) is 41.9. The Hall–Kier alpha value is 0.530. The molecule has 0 spiro atoms. The minimum absolute atomic E-state index is 0.745. The van der Waals surface area contributed by atoms with Crippen LogP contribution in [0.15, 0.2) is 0 Å². The molecule has 0 aromatic carbocycles. The first-order chi connectivity index (χ1) is 23.1. The number of hydrogen-bond donors (Lipinski definition) is 0. The van der Waals surface area contributed by atoms with E-state index in [0.717, 1.165) is 36.3 Å². The van der Waals surface area contributed by atoms with Gasteiger partial charge in [-0.25, -0.2) is 14.0 Å². The van der Waals surface area contributed by atoms with Gasteiger partial charge in [-0.2, -0.15) is 0 Å². The summed E-state index contributed by atoms with van der Waals surface area (Å²) in [4.78, 5) is 0. The third-order valence-corrected chi connectivity index (χ3v) is 17.6. The molecule has 0 amide bonds. The van der Waals surface area contributed by atoms with E-state index in [2.05, 4.69) is 55.6 Å². The molecule has 0 bridgehead atoms. The molecule has 3 rings (SSSR count). The summed E-state index contributed by atoms with van der Waals surface area (Å²) in [6.45, 7) is 12.5. The molecule has 47 heavy (non-hydrogen) atoms. The summed E-state index contributed by atoms with van der Waals surface area (Å²) >= 11 is 7.19. The third-order valence-electron chi connectivity index (χ3n) is 12.3. The average molecular weight is 694 g/mol. The van der Waals surface area contributed by atoms with Crippen molar-refractivity contribution in [1.82, 2.24) is 14.0 Å². The molecule has 3 aliphatic heterocycles. The lowest BCUT2D eigenvalue weighted by atomic mass is 10.1. The van der Waals surface area contributed by atoms with Gasteiger partial charge in [0.1, 0.15) is 6.49 Å². The van der Waals surface area contributed by atoms with Crippen LogP contribution in [0.2, 0.25) is 0 Å². The van der Waals surface area contributed by atoms with Crippen LogP contribution in [0.25, 0.3) is 0 Å². The van der Waals surface area contributed by atoms with E-state index in [1.165, 1.54) is 193 Å². The molecule has 3 saturated heterocycles. The normalized spacial score (nSPS) is 30.8. The highest BCUT2D eigenvalue weighted by molar-refractivity contribution is 8.11. The zero-order valence-corrected chi connectivity index (χ0v) is 34.6. The molecule has 278 valence electrons. The lowest BCUT2D eigenvalue weighted by Crippen LogP contribution is -2.19. The molecule has 0 aliphatic carbocycles. The fraction of sp³-hybridized carbons (Fsp3) is 1.00. The van der Waals surface area contributed by atoms with Crippen molar-refractivity contribution < 1.29 is 0 Å². The SMILES string of the molecule is CCCCCCCCCCC1C(CC)N1P(=S)(N1C(CC)C1CCCCCCCCCC)N1C(CC)C1CCCCCCCCCC. The second-order valence-electron chi connectivity index (χ2n) is 16.1. The summed E-state index contributed by atoms with van der Waals surface area (Å²) in [6.07, 6.45) is 42.3. The number of unbranched alkanes of at least 4 members (excludes halogenated alkanes) is 21. The Kier molecular flexibility index (Phi) is 21.3. The molecule has 0 aromatic rings. The van der Waals surface area contributed by atoms with Crippen LogP contribution >= 0.6 is 6.49 Å². The highest BCUT2D eigenvalue weighted by atomic mass is 32.4. The maximum Gasteiger partial charge on any atom is 0.147 e. The van der Waals surface area contributed by atoms with Gasteiger partial charge in [-0.05, 0) is 50.3 Å². The van der Waals surface area contributed by atoms with Crippen LogP contribution in [-0.4, -0.2) is 50.3 Å². The molecule has 0 N–H and O–H groups in total. The third kappa shape index (κ3) is 12.9. The second-order valence-corrected chi connectivity index (χ2v) is 20.0. The number of nitrogens with zero attached hydrogens (tertiary/aromatic N) is 3. The van der Waals surface area contributed by atoms with Gasteiger partial charge in [-0.1, -0.05) is 196 Å². The molecule has 3 nitrogen and oxygen atoms in total. The zero-order chi connectivity index (χ0) is 33.9. The van der Waals surface area contributed by atoms with Crippen LogP contribution in [0.1, 0.15) is 234 Å². The highest BCUT2D eigenvalue weighted by Gasteiger charge is 2.69. The Morgan fingerprint density at radius 1 is 0.319 bits per heavy atom. The first-order valence-corrected chi connectivity index (χ1v) is 24.7. The summed E-state index contributed by atoms with van der Waals surface area (Å²) in [5.74, 6) is 0. The van der Waals surface area contributed by atoms with Crippen molar-refractivity contribution in [2.45, 2.75) is 270 Å². The van der Waals surface area contributed by atoms with Crippen molar-refractivity contribution >= 4 is 18.3 Å². The summed E-state index contributed by atoms with van der Waals surface area (Å²) in [5, 5.41) is 0. The summed E-state index contributed by atoms with van der Waals surface area (Å²) < 4.78 is 9.03. The van der Waals surface area contributed by atoms with Gasteiger partial charge in [0, 0.05) is 36.3 Å². The molecule has 9 atom stereocenters. The molecule has 0 saturated carbocycles. The van der Waals surface area contributed by atoms with Gasteiger partial charge in [0.25, 0.3) is 0 Å². The van der Waals surface area contributed by atoms with Crippen LogP contribution in [0, 0.1) is 0 Å².